The lowest BCUT2D eigenvalue weighted by Crippen LogP contribution is -2.10. The molecule has 5 rings (SSSR count). The number of hydrogen-bond acceptors (Lipinski definition) is 2. The molecule has 0 radical (unpaired) electrons. The second-order valence-corrected chi connectivity index (χ2v) is 8.99. The number of para-hydroxylation sites is 2. The van der Waals surface area contributed by atoms with Crippen molar-refractivity contribution in [3.8, 4) is 0 Å². The lowest BCUT2D eigenvalue weighted by atomic mass is 9.86. The quantitative estimate of drug-likeness (QED) is 0.322. The summed E-state index contributed by atoms with van der Waals surface area (Å²) in [5.41, 5.74) is 6.37. The first-order chi connectivity index (χ1) is 15.8. The maximum atomic E-state index is 5.02. The van der Waals surface area contributed by atoms with Crippen LogP contribution in [-0.2, 0) is 19.4 Å². The number of fused-ring (bicyclic) bond motifs is 1. The van der Waals surface area contributed by atoms with Crippen LogP contribution in [0, 0.1) is 5.92 Å². The van der Waals surface area contributed by atoms with Gasteiger partial charge in [0.2, 0.25) is 0 Å². The topological polar surface area (TPSA) is 30.7 Å². The van der Waals surface area contributed by atoms with Gasteiger partial charge in [-0.1, -0.05) is 60.2 Å². The molecule has 162 valence electrons. The molecule has 2 heterocycles. The molecule has 4 aromatic rings. The number of allylic oxidation sites excluding steroid dienone is 2. The molecule has 0 amide bonds. The third-order valence-electron chi connectivity index (χ3n) is 6.65. The Morgan fingerprint density at radius 1 is 0.875 bits per heavy atom. The van der Waals surface area contributed by atoms with Crippen LogP contribution in [0.15, 0.2) is 90.6 Å². The van der Waals surface area contributed by atoms with Gasteiger partial charge in [-0.15, -0.1) is 0 Å². The minimum Gasteiger partial charge on any atom is -0.322 e. The van der Waals surface area contributed by atoms with Crippen LogP contribution in [0.2, 0.25) is 0 Å². The maximum Gasteiger partial charge on any atom is 0.114 e. The highest BCUT2D eigenvalue weighted by molar-refractivity contribution is 5.76. The standard InChI is InChI=1S/C29H31N3/c1-2-10-23(11-3-1)20-24-12-8-14-25(15-9-13-24)21-29-31-27-17-4-5-18-28(27)32(29)22-26-16-6-7-19-30-26/h1-7,10-11,14,16-19,24H,8-9,12-13,15,20-22H2/b25-14+. The summed E-state index contributed by atoms with van der Waals surface area (Å²) in [6.45, 7) is 0.767. The first kappa shape index (κ1) is 20.7. The van der Waals surface area contributed by atoms with Gasteiger partial charge in [0.05, 0.1) is 23.3 Å². The van der Waals surface area contributed by atoms with Gasteiger partial charge >= 0.3 is 0 Å². The minimum absolute atomic E-state index is 0.767. The molecule has 1 unspecified atom stereocenters. The zero-order valence-corrected chi connectivity index (χ0v) is 18.7. The van der Waals surface area contributed by atoms with Gasteiger partial charge in [-0.2, -0.15) is 0 Å². The minimum atomic E-state index is 0.767. The average molecular weight is 422 g/mol. The fraction of sp³-hybridized carbons (Fsp3) is 0.310. The maximum absolute atomic E-state index is 5.02. The molecule has 3 heteroatoms. The Morgan fingerprint density at radius 3 is 2.59 bits per heavy atom. The Kier molecular flexibility index (Phi) is 6.43. The van der Waals surface area contributed by atoms with Crippen molar-refractivity contribution in [2.24, 2.45) is 5.92 Å². The molecule has 32 heavy (non-hydrogen) atoms. The average Bonchev–Trinajstić information content (AvgIpc) is 3.15. The summed E-state index contributed by atoms with van der Waals surface area (Å²) < 4.78 is 2.36. The lowest BCUT2D eigenvalue weighted by molar-refractivity contribution is 0.427. The molecule has 0 saturated carbocycles. The lowest BCUT2D eigenvalue weighted by Gasteiger charge is -2.20. The fourth-order valence-electron chi connectivity index (χ4n) is 4.99. The number of nitrogens with zero attached hydrogens (tertiary/aromatic N) is 3. The molecule has 1 aliphatic carbocycles. The SMILES string of the molecule is C1=C(/Cc2nc3ccccc3n2Cc2ccccn2)CCCC(Cc2ccccc2)CC/1. The fourth-order valence-corrected chi connectivity index (χ4v) is 4.99. The Balaban J connectivity index is 1.32. The number of aromatic nitrogens is 3. The molecule has 1 aliphatic rings. The zero-order chi connectivity index (χ0) is 21.6. The van der Waals surface area contributed by atoms with Gasteiger partial charge in [-0.25, -0.2) is 4.98 Å². The molecule has 0 bridgehead atoms. The van der Waals surface area contributed by atoms with E-state index >= 15 is 0 Å². The van der Waals surface area contributed by atoms with Gasteiger partial charge in [-0.05, 0) is 74.3 Å². The largest absolute Gasteiger partial charge is 0.322 e. The van der Waals surface area contributed by atoms with E-state index in [1.165, 1.54) is 49.6 Å². The van der Waals surface area contributed by atoms with E-state index in [-0.39, 0.29) is 0 Å². The van der Waals surface area contributed by atoms with E-state index in [1.54, 1.807) is 5.57 Å². The zero-order valence-electron chi connectivity index (χ0n) is 18.7. The van der Waals surface area contributed by atoms with Gasteiger partial charge in [0, 0.05) is 12.6 Å². The molecule has 0 aliphatic heterocycles. The van der Waals surface area contributed by atoms with E-state index in [9.17, 15) is 0 Å². The van der Waals surface area contributed by atoms with Crippen molar-refractivity contribution in [2.75, 3.05) is 0 Å². The van der Waals surface area contributed by atoms with Crippen molar-refractivity contribution in [2.45, 2.75) is 51.5 Å². The molecule has 0 saturated heterocycles. The van der Waals surface area contributed by atoms with Crippen LogP contribution in [0.4, 0.5) is 0 Å². The van der Waals surface area contributed by atoms with Gasteiger partial charge in [0.25, 0.3) is 0 Å². The van der Waals surface area contributed by atoms with Crippen LogP contribution in [0.25, 0.3) is 11.0 Å². The Bertz CT molecular complexity index is 1170. The molecule has 0 N–H and O–H groups in total. The predicted molar refractivity (Wildman–Crippen MR) is 132 cm³/mol. The van der Waals surface area contributed by atoms with Gasteiger partial charge in [0.15, 0.2) is 0 Å². The number of rotatable bonds is 6. The van der Waals surface area contributed by atoms with E-state index in [0.717, 1.165) is 35.9 Å². The molecule has 2 aromatic carbocycles. The predicted octanol–water partition coefficient (Wildman–Crippen LogP) is 6.77. The summed E-state index contributed by atoms with van der Waals surface area (Å²) in [5, 5.41) is 0. The van der Waals surface area contributed by atoms with Gasteiger partial charge in [-0.3, -0.25) is 4.98 Å². The summed E-state index contributed by atoms with van der Waals surface area (Å²) >= 11 is 0. The van der Waals surface area contributed by atoms with Crippen LogP contribution in [0.5, 0.6) is 0 Å². The molecular weight excluding hydrogens is 390 g/mol. The number of benzene rings is 2. The van der Waals surface area contributed by atoms with Crippen LogP contribution in [0.1, 0.15) is 49.2 Å². The smallest absolute Gasteiger partial charge is 0.114 e. The van der Waals surface area contributed by atoms with Crippen LogP contribution in [-0.4, -0.2) is 14.5 Å². The van der Waals surface area contributed by atoms with Crippen LogP contribution < -0.4 is 0 Å². The highest BCUT2D eigenvalue weighted by Gasteiger charge is 2.16. The molecule has 3 nitrogen and oxygen atoms in total. The van der Waals surface area contributed by atoms with E-state index in [0.29, 0.717) is 0 Å². The molecule has 0 fully saturated rings. The van der Waals surface area contributed by atoms with Crippen molar-refractivity contribution >= 4 is 11.0 Å². The Labute approximate surface area is 190 Å². The second kappa shape index (κ2) is 9.95. The van der Waals surface area contributed by atoms with Crippen LogP contribution in [0.3, 0.4) is 0 Å². The Hall–Kier alpha value is -3.20. The third-order valence-corrected chi connectivity index (χ3v) is 6.65. The number of pyridine rings is 1. The highest BCUT2D eigenvalue weighted by atomic mass is 15.1. The molecule has 1 atom stereocenters. The Morgan fingerprint density at radius 2 is 1.72 bits per heavy atom. The number of hydrogen-bond donors (Lipinski definition) is 0. The first-order valence-electron chi connectivity index (χ1n) is 11.9. The summed E-state index contributed by atoms with van der Waals surface area (Å²) in [4.78, 5) is 9.58. The summed E-state index contributed by atoms with van der Waals surface area (Å²) in [7, 11) is 0. The number of imidazole rings is 1. The van der Waals surface area contributed by atoms with Crippen LogP contribution >= 0.6 is 0 Å². The monoisotopic (exact) mass is 421 g/mol. The summed E-state index contributed by atoms with van der Waals surface area (Å²) in [6, 6.07) is 25.6. The third kappa shape index (κ3) is 4.99. The van der Waals surface area contributed by atoms with Crippen molar-refractivity contribution in [3.63, 3.8) is 0 Å². The second-order valence-electron chi connectivity index (χ2n) is 8.99. The van der Waals surface area contributed by atoms with Crippen molar-refractivity contribution in [1.82, 2.24) is 14.5 Å². The molecule has 2 aromatic heterocycles. The first-order valence-corrected chi connectivity index (χ1v) is 11.9. The molecular formula is C29H31N3. The van der Waals surface area contributed by atoms with E-state index in [2.05, 4.69) is 82.4 Å². The summed E-state index contributed by atoms with van der Waals surface area (Å²) in [5.74, 6) is 1.95. The van der Waals surface area contributed by atoms with E-state index < -0.39 is 0 Å². The molecule has 0 spiro atoms. The van der Waals surface area contributed by atoms with E-state index in [4.69, 9.17) is 4.98 Å². The normalized spacial score (nSPS) is 18.6. The van der Waals surface area contributed by atoms with Crippen molar-refractivity contribution < 1.29 is 0 Å². The highest BCUT2D eigenvalue weighted by Crippen LogP contribution is 2.28. The van der Waals surface area contributed by atoms with Crippen molar-refractivity contribution in [1.29, 1.82) is 0 Å². The summed E-state index contributed by atoms with van der Waals surface area (Å²) in [6.07, 6.45) is 12.7. The van der Waals surface area contributed by atoms with Crippen molar-refractivity contribution in [3.05, 3.63) is 108 Å². The van der Waals surface area contributed by atoms with Gasteiger partial charge in [0.1, 0.15) is 5.82 Å². The van der Waals surface area contributed by atoms with Gasteiger partial charge < -0.3 is 4.57 Å². The van der Waals surface area contributed by atoms with E-state index in [1.807, 2.05) is 12.3 Å².